The lowest BCUT2D eigenvalue weighted by Crippen LogP contribution is -2.40. The first-order chi connectivity index (χ1) is 18.8. The summed E-state index contributed by atoms with van der Waals surface area (Å²) in [5, 5.41) is 11.4. The van der Waals surface area contributed by atoms with Crippen LogP contribution < -0.4 is 24.4 Å². The molecule has 4 rings (SSSR count). The number of phenolic OH excluding ortho intramolecular Hbond substituents is 1. The number of nitrogens with zero attached hydrogens (tertiary/aromatic N) is 2. The van der Waals surface area contributed by atoms with E-state index < -0.39 is 30.2 Å². The first-order valence-electron chi connectivity index (χ1n) is 11.6. The van der Waals surface area contributed by atoms with Crippen LogP contribution in [-0.2, 0) is 4.79 Å². The summed E-state index contributed by atoms with van der Waals surface area (Å²) in [5.41, 5.74) is -0.182. The second-order valence-corrected chi connectivity index (χ2v) is 9.13. The minimum Gasteiger partial charge on any atom is -0.508 e. The molecule has 0 atom stereocenters. The number of phenols is 1. The van der Waals surface area contributed by atoms with E-state index in [1.54, 1.807) is 13.8 Å². The average molecular weight is 587 g/mol. The van der Waals surface area contributed by atoms with Crippen molar-refractivity contribution in [3.63, 3.8) is 0 Å². The Kier molecular flexibility index (Phi) is 8.60. The van der Waals surface area contributed by atoms with Gasteiger partial charge in [-0.3, -0.25) is 4.79 Å². The standard InChI is InChI=1S/C18H16F3N3O4.C8H7F3O2/c1-10-4-6-12(8-13(10)28-18(19,20)21)27-14-7-5-11(9-22-14)24-15(25)17(2,3)23-16(24)26;1-5-2-3-6(12)4-7(5)13-8(9,10)11/h4-9H,1-3H3,(H,23,26);2-4,12H,1H3. The SMILES string of the molecule is Cc1ccc(O)cc1OC(F)(F)F.Cc1ccc(Oc2ccc(N3C(=O)NC(C)(C)C3=O)cn2)cc1OC(F)(F)F. The number of hydrogen-bond donors (Lipinski definition) is 2. The van der Waals surface area contributed by atoms with Crippen LogP contribution in [0.5, 0.6) is 28.9 Å². The summed E-state index contributed by atoms with van der Waals surface area (Å²) in [6.45, 7) is 6.09. The lowest BCUT2D eigenvalue weighted by Gasteiger charge is -2.16. The second-order valence-electron chi connectivity index (χ2n) is 9.13. The van der Waals surface area contributed by atoms with Gasteiger partial charge in [-0.2, -0.15) is 0 Å². The zero-order valence-electron chi connectivity index (χ0n) is 21.8. The van der Waals surface area contributed by atoms with Gasteiger partial charge in [-0.05, 0) is 57.0 Å². The maximum absolute atomic E-state index is 12.4. The van der Waals surface area contributed by atoms with Crippen molar-refractivity contribution < 1.29 is 55.2 Å². The van der Waals surface area contributed by atoms with Crippen molar-refractivity contribution in [2.75, 3.05) is 4.90 Å². The van der Waals surface area contributed by atoms with Crippen molar-refractivity contribution in [1.82, 2.24) is 10.3 Å². The van der Waals surface area contributed by atoms with E-state index in [0.29, 0.717) is 5.56 Å². The molecule has 15 heteroatoms. The minimum absolute atomic E-state index is 0.0666. The fraction of sp³-hybridized carbons (Fsp3) is 0.269. The molecule has 41 heavy (non-hydrogen) atoms. The summed E-state index contributed by atoms with van der Waals surface area (Å²) < 4.78 is 85.6. The number of halogens is 6. The third-order valence-corrected chi connectivity index (χ3v) is 5.34. The van der Waals surface area contributed by atoms with Gasteiger partial charge in [0.2, 0.25) is 5.88 Å². The van der Waals surface area contributed by atoms with Crippen LogP contribution in [0.15, 0.2) is 54.7 Å². The molecule has 0 saturated carbocycles. The number of alkyl halides is 6. The Hall–Kier alpha value is -4.69. The van der Waals surface area contributed by atoms with Gasteiger partial charge >= 0.3 is 18.8 Å². The van der Waals surface area contributed by atoms with Crippen molar-refractivity contribution in [3.8, 4) is 28.9 Å². The lowest BCUT2D eigenvalue weighted by molar-refractivity contribution is -0.275. The molecule has 2 heterocycles. The van der Waals surface area contributed by atoms with E-state index >= 15 is 0 Å². The number of benzene rings is 2. The molecule has 1 aromatic heterocycles. The van der Waals surface area contributed by atoms with Crippen molar-refractivity contribution >= 4 is 17.6 Å². The quantitative estimate of drug-likeness (QED) is 0.259. The van der Waals surface area contributed by atoms with E-state index in [0.717, 1.165) is 17.0 Å². The number of nitrogens with one attached hydrogen (secondary N) is 1. The molecule has 3 aromatic rings. The number of amides is 3. The summed E-state index contributed by atoms with van der Waals surface area (Å²) >= 11 is 0. The molecule has 1 aliphatic heterocycles. The minimum atomic E-state index is -4.82. The monoisotopic (exact) mass is 587 g/mol. The fourth-order valence-electron chi connectivity index (χ4n) is 3.37. The topological polar surface area (TPSA) is 110 Å². The zero-order valence-corrected chi connectivity index (χ0v) is 21.8. The maximum Gasteiger partial charge on any atom is 0.573 e. The molecule has 2 aromatic carbocycles. The number of anilines is 1. The van der Waals surface area contributed by atoms with Gasteiger partial charge in [-0.1, -0.05) is 12.1 Å². The molecule has 1 saturated heterocycles. The molecule has 0 aliphatic carbocycles. The number of hydrogen-bond acceptors (Lipinski definition) is 7. The van der Waals surface area contributed by atoms with Crippen LogP contribution in [0.2, 0.25) is 0 Å². The van der Waals surface area contributed by atoms with E-state index in [1.165, 1.54) is 56.4 Å². The Labute approximate surface area is 229 Å². The van der Waals surface area contributed by atoms with Gasteiger partial charge in [0.15, 0.2) is 0 Å². The van der Waals surface area contributed by atoms with Gasteiger partial charge in [0.1, 0.15) is 28.5 Å². The van der Waals surface area contributed by atoms with E-state index in [2.05, 4.69) is 19.8 Å². The first kappa shape index (κ1) is 30.8. The van der Waals surface area contributed by atoms with E-state index in [4.69, 9.17) is 9.84 Å². The highest BCUT2D eigenvalue weighted by Gasteiger charge is 2.45. The Morgan fingerprint density at radius 3 is 1.90 bits per heavy atom. The maximum atomic E-state index is 12.4. The Bertz CT molecular complexity index is 1420. The number of pyridine rings is 1. The van der Waals surface area contributed by atoms with E-state index in [1.807, 2.05) is 0 Å². The third-order valence-electron chi connectivity index (χ3n) is 5.34. The molecule has 220 valence electrons. The molecule has 1 fully saturated rings. The second kappa shape index (κ2) is 11.4. The van der Waals surface area contributed by atoms with Crippen LogP contribution in [0.3, 0.4) is 0 Å². The van der Waals surface area contributed by atoms with Crippen molar-refractivity contribution in [3.05, 3.63) is 65.9 Å². The molecule has 2 N–H and O–H groups in total. The Balaban J connectivity index is 0.000000298. The van der Waals surface area contributed by atoms with Gasteiger partial charge in [0.25, 0.3) is 5.91 Å². The van der Waals surface area contributed by atoms with Crippen LogP contribution >= 0.6 is 0 Å². The number of imide groups is 1. The van der Waals surface area contributed by atoms with Crippen LogP contribution in [0.25, 0.3) is 0 Å². The molecular weight excluding hydrogens is 564 g/mol. The first-order valence-corrected chi connectivity index (χ1v) is 11.6. The third kappa shape index (κ3) is 8.40. The van der Waals surface area contributed by atoms with Crippen LogP contribution in [-0.4, -0.2) is 40.3 Å². The predicted octanol–water partition coefficient (Wildman–Crippen LogP) is 6.51. The van der Waals surface area contributed by atoms with Crippen molar-refractivity contribution in [1.29, 1.82) is 0 Å². The number of aromatic hydroxyl groups is 1. The normalized spacial score (nSPS) is 14.6. The molecule has 0 bridgehead atoms. The highest BCUT2D eigenvalue weighted by molar-refractivity contribution is 6.22. The lowest BCUT2D eigenvalue weighted by atomic mass is 10.1. The number of aryl methyl sites for hydroxylation is 2. The molecule has 0 unspecified atom stereocenters. The van der Waals surface area contributed by atoms with Gasteiger partial charge in [-0.15, -0.1) is 26.3 Å². The largest absolute Gasteiger partial charge is 0.573 e. The number of urea groups is 1. The van der Waals surface area contributed by atoms with Crippen LogP contribution in [0.4, 0.5) is 36.8 Å². The number of aromatic nitrogens is 1. The highest BCUT2D eigenvalue weighted by atomic mass is 19.4. The van der Waals surface area contributed by atoms with E-state index in [-0.39, 0.29) is 40.1 Å². The molecule has 3 amide bonds. The van der Waals surface area contributed by atoms with Crippen molar-refractivity contribution in [2.45, 2.75) is 46.0 Å². The summed E-state index contributed by atoms with van der Waals surface area (Å²) in [6.07, 6.45) is -8.28. The molecule has 0 radical (unpaired) electrons. The fourth-order valence-corrected chi connectivity index (χ4v) is 3.37. The van der Waals surface area contributed by atoms with Crippen LogP contribution in [0.1, 0.15) is 25.0 Å². The summed E-state index contributed by atoms with van der Waals surface area (Å²) in [6, 6.07) is 9.80. The van der Waals surface area contributed by atoms with Gasteiger partial charge < -0.3 is 24.6 Å². The predicted molar refractivity (Wildman–Crippen MR) is 132 cm³/mol. The number of ether oxygens (including phenoxy) is 3. The number of rotatable bonds is 5. The Morgan fingerprint density at radius 1 is 0.854 bits per heavy atom. The molecular formula is C26H23F6N3O6. The average Bonchev–Trinajstić information content (AvgIpc) is 3.04. The summed E-state index contributed by atoms with van der Waals surface area (Å²) in [5.74, 6) is -1.31. The van der Waals surface area contributed by atoms with E-state index in [9.17, 15) is 35.9 Å². The number of carbonyl (C=O) groups is 2. The molecule has 1 aliphatic rings. The zero-order chi connectivity index (χ0) is 30.8. The molecule has 0 spiro atoms. The van der Waals surface area contributed by atoms with Crippen LogP contribution in [0, 0.1) is 13.8 Å². The summed E-state index contributed by atoms with van der Waals surface area (Å²) in [7, 11) is 0. The smallest absolute Gasteiger partial charge is 0.508 e. The van der Waals surface area contributed by atoms with Gasteiger partial charge in [-0.25, -0.2) is 14.7 Å². The van der Waals surface area contributed by atoms with Crippen molar-refractivity contribution in [2.24, 2.45) is 0 Å². The highest BCUT2D eigenvalue weighted by Crippen LogP contribution is 2.32. The van der Waals surface area contributed by atoms with Gasteiger partial charge in [0.05, 0.1) is 11.9 Å². The summed E-state index contributed by atoms with van der Waals surface area (Å²) in [4.78, 5) is 29.2. The molecule has 9 nitrogen and oxygen atoms in total. The van der Waals surface area contributed by atoms with Gasteiger partial charge in [0, 0.05) is 18.2 Å². The number of carbonyl (C=O) groups excluding carboxylic acids is 2. The Morgan fingerprint density at radius 2 is 1.41 bits per heavy atom.